The fourth-order valence-electron chi connectivity index (χ4n) is 1.37. The van der Waals surface area contributed by atoms with E-state index in [-0.39, 0.29) is 5.91 Å². The lowest BCUT2D eigenvalue weighted by Gasteiger charge is -2.05. The fraction of sp³-hybridized carbons (Fsp3) is 0.545. The van der Waals surface area contributed by atoms with Crippen LogP contribution in [-0.4, -0.2) is 19.1 Å². The van der Waals surface area contributed by atoms with Crippen LogP contribution in [0.4, 0.5) is 0 Å². The predicted molar refractivity (Wildman–Crippen MR) is 60.5 cm³/mol. The van der Waals surface area contributed by atoms with Gasteiger partial charge in [-0.3, -0.25) is 4.79 Å². The Morgan fingerprint density at radius 3 is 3.13 bits per heavy atom. The van der Waals surface area contributed by atoms with Crippen molar-refractivity contribution in [1.82, 2.24) is 5.32 Å². The lowest BCUT2D eigenvalue weighted by molar-refractivity contribution is 0.0952. The number of hydrogen-bond acceptors (Lipinski definition) is 3. The lowest BCUT2D eigenvalue weighted by atomic mass is 10.3. The zero-order chi connectivity index (χ0) is 10.7. The Morgan fingerprint density at radius 2 is 2.47 bits per heavy atom. The average Bonchev–Trinajstić information content (AvgIpc) is 2.95. The van der Waals surface area contributed by atoms with E-state index in [0.717, 1.165) is 6.54 Å². The highest BCUT2D eigenvalue weighted by Crippen LogP contribution is 2.28. The summed E-state index contributed by atoms with van der Waals surface area (Å²) in [5.74, 6) is 1.42. The zero-order valence-electron chi connectivity index (χ0n) is 8.79. The van der Waals surface area contributed by atoms with Gasteiger partial charge in [0.05, 0.1) is 6.61 Å². The van der Waals surface area contributed by atoms with E-state index < -0.39 is 0 Å². The van der Waals surface area contributed by atoms with E-state index in [9.17, 15) is 4.79 Å². The number of amides is 1. The molecule has 0 aliphatic heterocycles. The van der Waals surface area contributed by atoms with Gasteiger partial charge in [-0.25, -0.2) is 0 Å². The average molecular weight is 225 g/mol. The van der Waals surface area contributed by atoms with Crippen molar-refractivity contribution >= 4 is 17.2 Å². The van der Waals surface area contributed by atoms with Crippen LogP contribution in [0.3, 0.4) is 0 Å². The third kappa shape index (κ3) is 2.72. The van der Waals surface area contributed by atoms with E-state index in [2.05, 4.69) is 5.32 Å². The zero-order valence-corrected chi connectivity index (χ0v) is 9.60. The van der Waals surface area contributed by atoms with Gasteiger partial charge < -0.3 is 10.1 Å². The van der Waals surface area contributed by atoms with Crippen molar-refractivity contribution < 1.29 is 9.53 Å². The second-order valence-corrected chi connectivity index (χ2v) is 4.62. The van der Waals surface area contributed by atoms with Gasteiger partial charge in [0.25, 0.3) is 5.91 Å². The van der Waals surface area contributed by atoms with Gasteiger partial charge in [0.2, 0.25) is 0 Å². The molecule has 2 rings (SSSR count). The van der Waals surface area contributed by atoms with E-state index in [1.807, 2.05) is 18.4 Å². The molecule has 0 atom stereocenters. The standard InChI is InChI=1S/C11H15NO2S/c1-2-14-9-5-6-15-10(9)11(13)12-7-8-3-4-8/h5-6,8H,2-4,7H2,1H3,(H,12,13). The predicted octanol–water partition coefficient (Wildman–Crippen LogP) is 2.29. The molecule has 0 bridgehead atoms. The van der Waals surface area contributed by atoms with Crippen LogP contribution in [0.1, 0.15) is 29.4 Å². The van der Waals surface area contributed by atoms with Crippen molar-refractivity contribution in [2.24, 2.45) is 5.92 Å². The molecule has 15 heavy (non-hydrogen) atoms. The van der Waals surface area contributed by atoms with Crippen LogP contribution in [0, 0.1) is 5.92 Å². The molecule has 4 heteroatoms. The van der Waals surface area contributed by atoms with Gasteiger partial charge in [0, 0.05) is 6.54 Å². The number of nitrogens with one attached hydrogen (secondary N) is 1. The van der Waals surface area contributed by atoms with Gasteiger partial charge in [0.1, 0.15) is 10.6 Å². The Morgan fingerprint density at radius 1 is 1.67 bits per heavy atom. The lowest BCUT2D eigenvalue weighted by Crippen LogP contribution is -2.25. The molecule has 1 aliphatic rings. The maximum atomic E-state index is 11.8. The molecule has 82 valence electrons. The maximum absolute atomic E-state index is 11.8. The number of carbonyl (C=O) groups is 1. The quantitative estimate of drug-likeness (QED) is 0.835. The molecule has 1 heterocycles. The highest BCUT2D eigenvalue weighted by atomic mass is 32.1. The first-order chi connectivity index (χ1) is 7.31. The first-order valence-corrected chi connectivity index (χ1v) is 6.17. The molecule has 0 radical (unpaired) electrons. The van der Waals surface area contributed by atoms with Gasteiger partial charge in [-0.1, -0.05) is 0 Å². The Balaban J connectivity index is 1.93. The highest BCUT2D eigenvalue weighted by Gasteiger charge is 2.23. The van der Waals surface area contributed by atoms with Gasteiger partial charge >= 0.3 is 0 Å². The summed E-state index contributed by atoms with van der Waals surface area (Å²) in [7, 11) is 0. The van der Waals surface area contributed by atoms with Crippen molar-refractivity contribution in [1.29, 1.82) is 0 Å². The van der Waals surface area contributed by atoms with Gasteiger partial charge in [-0.2, -0.15) is 0 Å². The largest absolute Gasteiger partial charge is 0.492 e. The molecular weight excluding hydrogens is 210 g/mol. The van der Waals surface area contributed by atoms with Gasteiger partial charge in [-0.15, -0.1) is 11.3 Å². The first kappa shape index (κ1) is 10.5. The molecule has 1 fully saturated rings. The molecule has 1 aromatic heterocycles. The molecule has 1 N–H and O–H groups in total. The number of thiophene rings is 1. The molecule has 0 unspecified atom stereocenters. The van der Waals surface area contributed by atoms with Crippen LogP contribution in [0.5, 0.6) is 5.75 Å². The molecule has 1 aliphatic carbocycles. The molecule has 0 aromatic carbocycles. The summed E-state index contributed by atoms with van der Waals surface area (Å²) in [6.45, 7) is 3.32. The van der Waals surface area contributed by atoms with Crippen LogP contribution >= 0.6 is 11.3 Å². The van der Waals surface area contributed by atoms with E-state index in [4.69, 9.17) is 4.74 Å². The Kier molecular flexibility index (Phi) is 3.26. The summed E-state index contributed by atoms with van der Waals surface area (Å²) in [6.07, 6.45) is 2.51. The highest BCUT2D eigenvalue weighted by molar-refractivity contribution is 7.12. The van der Waals surface area contributed by atoms with Crippen molar-refractivity contribution in [2.45, 2.75) is 19.8 Å². The Bertz CT molecular complexity index is 344. The van der Waals surface area contributed by atoms with Gasteiger partial charge in [-0.05, 0) is 37.1 Å². The summed E-state index contributed by atoms with van der Waals surface area (Å²) < 4.78 is 5.37. The second-order valence-electron chi connectivity index (χ2n) is 3.70. The molecule has 1 aromatic rings. The smallest absolute Gasteiger partial charge is 0.265 e. The normalized spacial score (nSPS) is 15.0. The monoisotopic (exact) mass is 225 g/mol. The SMILES string of the molecule is CCOc1ccsc1C(=O)NCC1CC1. The van der Waals surface area contributed by atoms with Crippen molar-refractivity contribution in [3.8, 4) is 5.75 Å². The van der Waals surface area contributed by atoms with Crippen LogP contribution in [-0.2, 0) is 0 Å². The summed E-state index contributed by atoms with van der Waals surface area (Å²) >= 11 is 1.43. The molecule has 1 amide bonds. The molecule has 3 nitrogen and oxygen atoms in total. The summed E-state index contributed by atoms with van der Waals surface area (Å²) in [4.78, 5) is 12.4. The van der Waals surface area contributed by atoms with Crippen molar-refractivity contribution in [3.63, 3.8) is 0 Å². The number of hydrogen-bond donors (Lipinski definition) is 1. The first-order valence-electron chi connectivity index (χ1n) is 5.29. The maximum Gasteiger partial charge on any atom is 0.265 e. The van der Waals surface area contributed by atoms with E-state index >= 15 is 0 Å². The summed E-state index contributed by atoms with van der Waals surface area (Å²) in [5, 5.41) is 4.82. The minimum atomic E-state index is 0.000324. The molecular formula is C11H15NO2S. The summed E-state index contributed by atoms with van der Waals surface area (Å²) in [5.41, 5.74) is 0. The van der Waals surface area contributed by atoms with Crippen LogP contribution in [0.15, 0.2) is 11.4 Å². The minimum Gasteiger partial charge on any atom is -0.492 e. The second kappa shape index (κ2) is 4.66. The molecule has 0 saturated heterocycles. The van der Waals surface area contributed by atoms with Crippen molar-refractivity contribution in [2.75, 3.05) is 13.2 Å². The Hall–Kier alpha value is -1.03. The van der Waals surface area contributed by atoms with E-state index in [1.165, 1.54) is 24.2 Å². The minimum absolute atomic E-state index is 0.000324. The number of carbonyl (C=O) groups excluding carboxylic acids is 1. The number of ether oxygens (including phenoxy) is 1. The summed E-state index contributed by atoms with van der Waals surface area (Å²) in [6, 6.07) is 1.85. The van der Waals surface area contributed by atoms with E-state index in [0.29, 0.717) is 23.2 Å². The number of rotatable bonds is 5. The molecule has 0 spiro atoms. The fourth-order valence-corrected chi connectivity index (χ4v) is 2.12. The van der Waals surface area contributed by atoms with Crippen molar-refractivity contribution in [3.05, 3.63) is 16.3 Å². The third-order valence-electron chi connectivity index (χ3n) is 2.38. The topological polar surface area (TPSA) is 38.3 Å². The van der Waals surface area contributed by atoms with Crippen LogP contribution < -0.4 is 10.1 Å². The molecule has 1 saturated carbocycles. The van der Waals surface area contributed by atoms with Crippen LogP contribution in [0.25, 0.3) is 0 Å². The van der Waals surface area contributed by atoms with E-state index in [1.54, 1.807) is 0 Å². The Labute approximate surface area is 93.4 Å². The third-order valence-corrected chi connectivity index (χ3v) is 3.28. The van der Waals surface area contributed by atoms with Crippen LogP contribution in [0.2, 0.25) is 0 Å². The van der Waals surface area contributed by atoms with Gasteiger partial charge in [0.15, 0.2) is 0 Å².